The largest absolute Gasteiger partial charge is 0.366 e. The lowest BCUT2D eigenvalue weighted by molar-refractivity contribution is -0.115. The first-order valence-corrected chi connectivity index (χ1v) is 11.0. The van der Waals surface area contributed by atoms with Crippen molar-refractivity contribution in [1.82, 2.24) is 4.31 Å². The van der Waals surface area contributed by atoms with Gasteiger partial charge in [-0.3, -0.25) is 4.79 Å². The van der Waals surface area contributed by atoms with Crippen LogP contribution >= 0.6 is 11.6 Å². The van der Waals surface area contributed by atoms with Gasteiger partial charge in [-0.15, -0.1) is 0 Å². The van der Waals surface area contributed by atoms with E-state index in [0.717, 1.165) is 11.3 Å². The van der Waals surface area contributed by atoms with Gasteiger partial charge in [-0.05, 0) is 31.2 Å². The van der Waals surface area contributed by atoms with Crippen LogP contribution in [0.25, 0.3) is 0 Å². The lowest BCUT2D eigenvalue weighted by Crippen LogP contribution is -2.49. The normalized spacial score (nSPS) is 15.5. The summed E-state index contributed by atoms with van der Waals surface area (Å²) in [5.74, 6) is -0.0934. The third-order valence-electron chi connectivity index (χ3n) is 4.80. The van der Waals surface area contributed by atoms with Gasteiger partial charge in [0, 0.05) is 32.6 Å². The molecule has 1 fully saturated rings. The smallest absolute Gasteiger partial charge is 0.243 e. The molecule has 0 atom stereocenters. The fourth-order valence-electron chi connectivity index (χ4n) is 3.19. The number of amides is 1. The van der Waals surface area contributed by atoms with E-state index in [4.69, 9.17) is 11.6 Å². The predicted molar refractivity (Wildman–Crippen MR) is 113 cm³/mol. The summed E-state index contributed by atoms with van der Waals surface area (Å²) >= 11 is 6.40. The Labute approximate surface area is 171 Å². The molecule has 8 heteroatoms. The second-order valence-electron chi connectivity index (χ2n) is 6.74. The maximum atomic E-state index is 12.9. The van der Waals surface area contributed by atoms with Gasteiger partial charge >= 0.3 is 0 Å². The lowest BCUT2D eigenvalue weighted by atomic mass is 10.2. The van der Waals surface area contributed by atoms with Gasteiger partial charge in [0.1, 0.15) is 0 Å². The Morgan fingerprint density at radius 2 is 1.71 bits per heavy atom. The van der Waals surface area contributed by atoms with Gasteiger partial charge in [-0.25, -0.2) is 8.42 Å². The number of para-hydroxylation sites is 1. The second-order valence-corrected chi connectivity index (χ2v) is 9.09. The van der Waals surface area contributed by atoms with Crippen LogP contribution in [0.4, 0.5) is 11.4 Å². The molecule has 1 saturated heterocycles. The molecule has 1 heterocycles. The van der Waals surface area contributed by atoms with Crippen molar-refractivity contribution in [3.05, 3.63) is 53.1 Å². The van der Waals surface area contributed by atoms with Crippen LogP contribution in [0.3, 0.4) is 0 Å². The maximum Gasteiger partial charge on any atom is 0.243 e. The number of rotatable bonds is 5. The standard InChI is InChI=1S/C20H24ClN3O3S/c1-3-19(25)22-18-6-4-5-17(21)20(18)23-11-13-24(14-12-23)28(26,27)16-9-7-15(2)8-10-16/h4-10H,3,11-14H2,1-2H3,(H,22,25). The van der Waals surface area contributed by atoms with Gasteiger partial charge in [-0.1, -0.05) is 42.3 Å². The fourth-order valence-corrected chi connectivity index (χ4v) is 4.90. The molecule has 0 radical (unpaired) electrons. The molecule has 0 bridgehead atoms. The van der Waals surface area contributed by atoms with Crippen LogP contribution < -0.4 is 10.2 Å². The van der Waals surface area contributed by atoms with E-state index in [0.29, 0.717) is 48.2 Å². The van der Waals surface area contributed by atoms with Gasteiger partial charge in [0.15, 0.2) is 0 Å². The van der Waals surface area contributed by atoms with E-state index in [9.17, 15) is 13.2 Å². The van der Waals surface area contributed by atoms with Crippen molar-refractivity contribution in [2.24, 2.45) is 0 Å². The van der Waals surface area contributed by atoms with Crippen molar-refractivity contribution in [2.75, 3.05) is 36.4 Å². The van der Waals surface area contributed by atoms with Crippen LogP contribution in [0, 0.1) is 6.92 Å². The molecule has 3 rings (SSSR count). The number of carbonyl (C=O) groups is 1. The highest BCUT2D eigenvalue weighted by molar-refractivity contribution is 7.89. The van der Waals surface area contributed by atoms with E-state index in [2.05, 4.69) is 5.32 Å². The Bertz CT molecular complexity index is 953. The summed E-state index contributed by atoms with van der Waals surface area (Å²) in [7, 11) is -3.52. The molecule has 28 heavy (non-hydrogen) atoms. The third kappa shape index (κ3) is 4.32. The first-order valence-electron chi connectivity index (χ1n) is 9.23. The van der Waals surface area contributed by atoms with Crippen molar-refractivity contribution < 1.29 is 13.2 Å². The number of halogens is 1. The minimum Gasteiger partial charge on any atom is -0.366 e. The number of carbonyl (C=O) groups excluding carboxylic acids is 1. The maximum absolute atomic E-state index is 12.9. The molecule has 6 nitrogen and oxygen atoms in total. The zero-order valence-corrected chi connectivity index (χ0v) is 17.6. The van der Waals surface area contributed by atoms with Gasteiger partial charge in [0.05, 0.1) is 21.3 Å². The van der Waals surface area contributed by atoms with Gasteiger partial charge in [-0.2, -0.15) is 4.31 Å². The average Bonchev–Trinajstić information content (AvgIpc) is 2.68. The summed E-state index contributed by atoms with van der Waals surface area (Å²) < 4.78 is 27.3. The van der Waals surface area contributed by atoms with Gasteiger partial charge in [0.2, 0.25) is 15.9 Å². The van der Waals surface area contributed by atoms with Crippen molar-refractivity contribution in [1.29, 1.82) is 0 Å². The van der Waals surface area contributed by atoms with Crippen LogP contribution in [-0.2, 0) is 14.8 Å². The molecule has 1 aliphatic heterocycles. The number of hydrogen-bond acceptors (Lipinski definition) is 4. The molecule has 0 aromatic heterocycles. The first kappa shape index (κ1) is 20.6. The summed E-state index contributed by atoms with van der Waals surface area (Å²) in [6.07, 6.45) is 0.370. The predicted octanol–water partition coefficient (Wildman–Crippen LogP) is 3.51. The highest BCUT2D eigenvalue weighted by Gasteiger charge is 2.30. The Hall–Kier alpha value is -2.09. The molecule has 0 aliphatic carbocycles. The Morgan fingerprint density at radius 3 is 2.32 bits per heavy atom. The van der Waals surface area contributed by atoms with Crippen LogP contribution in [0.5, 0.6) is 0 Å². The number of benzene rings is 2. The second kappa shape index (κ2) is 8.51. The van der Waals surface area contributed by atoms with E-state index in [-0.39, 0.29) is 5.91 Å². The van der Waals surface area contributed by atoms with E-state index >= 15 is 0 Å². The van der Waals surface area contributed by atoms with Crippen molar-refractivity contribution in [3.8, 4) is 0 Å². The lowest BCUT2D eigenvalue weighted by Gasteiger charge is -2.36. The van der Waals surface area contributed by atoms with Gasteiger partial charge in [0.25, 0.3) is 0 Å². The molecule has 1 amide bonds. The topological polar surface area (TPSA) is 69.7 Å². The quantitative estimate of drug-likeness (QED) is 0.802. The van der Waals surface area contributed by atoms with E-state index < -0.39 is 10.0 Å². The SMILES string of the molecule is CCC(=O)Nc1cccc(Cl)c1N1CCN(S(=O)(=O)c2ccc(C)cc2)CC1. The zero-order chi connectivity index (χ0) is 20.3. The molecule has 1 N–H and O–H groups in total. The molecule has 2 aromatic carbocycles. The molecular formula is C20H24ClN3O3S. The number of anilines is 2. The summed E-state index contributed by atoms with van der Waals surface area (Å²) in [4.78, 5) is 14.2. The number of hydrogen-bond donors (Lipinski definition) is 1. The van der Waals surface area contributed by atoms with Crippen molar-refractivity contribution in [3.63, 3.8) is 0 Å². The minimum atomic E-state index is -3.52. The molecular weight excluding hydrogens is 398 g/mol. The Morgan fingerprint density at radius 1 is 1.07 bits per heavy atom. The Kier molecular flexibility index (Phi) is 6.27. The van der Waals surface area contributed by atoms with Crippen LogP contribution in [0.1, 0.15) is 18.9 Å². The number of sulfonamides is 1. The minimum absolute atomic E-state index is 0.0934. The summed E-state index contributed by atoms with van der Waals surface area (Å²) in [5, 5.41) is 3.41. The van der Waals surface area contributed by atoms with Crippen LogP contribution in [0.15, 0.2) is 47.4 Å². The van der Waals surface area contributed by atoms with Crippen molar-refractivity contribution >= 4 is 38.9 Å². The molecule has 0 unspecified atom stereocenters. The molecule has 2 aromatic rings. The zero-order valence-electron chi connectivity index (χ0n) is 16.0. The molecule has 1 aliphatic rings. The number of aryl methyl sites for hydroxylation is 1. The molecule has 0 saturated carbocycles. The summed E-state index contributed by atoms with van der Waals surface area (Å²) in [6, 6.07) is 12.3. The van der Waals surface area contributed by atoms with E-state index in [1.165, 1.54) is 4.31 Å². The first-order chi connectivity index (χ1) is 13.3. The van der Waals surface area contributed by atoms with E-state index in [1.54, 1.807) is 43.3 Å². The number of piperazine rings is 1. The highest BCUT2D eigenvalue weighted by atomic mass is 35.5. The van der Waals surface area contributed by atoms with E-state index in [1.807, 2.05) is 17.9 Å². The summed E-state index contributed by atoms with van der Waals surface area (Å²) in [6.45, 7) is 5.39. The van der Waals surface area contributed by atoms with Crippen LogP contribution in [0.2, 0.25) is 5.02 Å². The number of nitrogens with one attached hydrogen (secondary N) is 1. The molecule has 150 valence electrons. The van der Waals surface area contributed by atoms with Crippen molar-refractivity contribution in [2.45, 2.75) is 25.2 Å². The van der Waals surface area contributed by atoms with Gasteiger partial charge < -0.3 is 10.2 Å². The third-order valence-corrected chi connectivity index (χ3v) is 7.01. The number of nitrogens with zero attached hydrogens (tertiary/aromatic N) is 2. The summed E-state index contributed by atoms with van der Waals surface area (Å²) in [5.41, 5.74) is 2.40. The monoisotopic (exact) mass is 421 g/mol. The highest BCUT2D eigenvalue weighted by Crippen LogP contribution is 2.35. The fraction of sp³-hybridized carbons (Fsp3) is 0.350. The molecule has 0 spiro atoms. The average molecular weight is 422 g/mol. The Balaban J connectivity index is 1.77. The van der Waals surface area contributed by atoms with Crippen LogP contribution in [-0.4, -0.2) is 44.8 Å².